The van der Waals surface area contributed by atoms with Crippen molar-refractivity contribution in [1.82, 2.24) is 4.98 Å². The highest BCUT2D eigenvalue weighted by molar-refractivity contribution is 5.32. The first-order valence-electron chi connectivity index (χ1n) is 7.73. The van der Waals surface area contributed by atoms with Gasteiger partial charge in [-0.15, -0.1) is 0 Å². The molecule has 104 valence electrons. The molecule has 1 fully saturated rings. The molecule has 3 rings (SSSR count). The number of rotatable bonds is 1. The fraction of sp³-hybridized carbons (Fsp3) is 0.706. The largest absolute Gasteiger partial charge is 0.324 e. The van der Waals surface area contributed by atoms with Crippen LogP contribution in [-0.4, -0.2) is 10.5 Å². The molecule has 0 bridgehead atoms. The van der Waals surface area contributed by atoms with E-state index < -0.39 is 0 Å². The maximum absolute atomic E-state index is 6.86. The summed E-state index contributed by atoms with van der Waals surface area (Å²) in [6.07, 6.45) is 10.4. The lowest BCUT2D eigenvalue weighted by molar-refractivity contribution is 0.270. The van der Waals surface area contributed by atoms with Crippen molar-refractivity contribution in [3.8, 4) is 0 Å². The van der Waals surface area contributed by atoms with Crippen molar-refractivity contribution in [3.05, 3.63) is 29.6 Å². The van der Waals surface area contributed by atoms with Gasteiger partial charge in [-0.3, -0.25) is 4.98 Å². The average Bonchev–Trinajstić information content (AvgIpc) is 2.75. The Hall–Kier alpha value is -0.890. The van der Waals surface area contributed by atoms with Gasteiger partial charge in [-0.25, -0.2) is 0 Å². The summed E-state index contributed by atoms with van der Waals surface area (Å²) in [6.45, 7) is 4.78. The first kappa shape index (κ1) is 13.1. The molecule has 2 heteroatoms. The van der Waals surface area contributed by atoms with Crippen LogP contribution in [0.2, 0.25) is 0 Å². The molecular formula is C17H26N2. The van der Waals surface area contributed by atoms with E-state index in [0.717, 1.165) is 19.3 Å². The minimum atomic E-state index is -0.0205. The smallest absolute Gasteiger partial charge is 0.0484 e. The Labute approximate surface area is 116 Å². The zero-order valence-electron chi connectivity index (χ0n) is 12.3. The summed E-state index contributed by atoms with van der Waals surface area (Å²) >= 11 is 0. The van der Waals surface area contributed by atoms with Crippen molar-refractivity contribution in [2.75, 3.05) is 0 Å². The molecule has 1 heterocycles. The SMILES string of the molecule is CC1(C)CCCC(N)(C2CCc3cccnc32)CC1. The molecule has 2 aliphatic rings. The third-order valence-corrected chi connectivity index (χ3v) is 5.42. The van der Waals surface area contributed by atoms with Gasteiger partial charge in [0.15, 0.2) is 0 Å². The fourth-order valence-electron chi connectivity index (χ4n) is 4.04. The number of nitrogens with zero attached hydrogens (tertiary/aromatic N) is 1. The lowest BCUT2D eigenvalue weighted by Gasteiger charge is -2.35. The summed E-state index contributed by atoms with van der Waals surface area (Å²) in [5.74, 6) is 0.484. The van der Waals surface area contributed by atoms with Crippen LogP contribution in [0.4, 0.5) is 0 Å². The second-order valence-electron chi connectivity index (χ2n) is 7.39. The molecular weight excluding hydrogens is 232 g/mol. The first-order valence-corrected chi connectivity index (χ1v) is 7.73. The monoisotopic (exact) mass is 258 g/mol. The van der Waals surface area contributed by atoms with Crippen LogP contribution in [0.15, 0.2) is 18.3 Å². The number of hydrogen-bond acceptors (Lipinski definition) is 2. The maximum Gasteiger partial charge on any atom is 0.0484 e. The predicted molar refractivity (Wildman–Crippen MR) is 79.1 cm³/mol. The van der Waals surface area contributed by atoms with Gasteiger partial charge in [0.1, 0.15) is 0 Å². The highest BCUT2D eigenvalue weighted by Gasteiger charge is 2.42. The van der Waals surface area contributed by atoms with E-state index in [1.54, 1.807) is 0 Å². The molecule has 0 amide bonds. The van der Waals surface area contributed by atoms with Crippen molar-refractivity contribution in [2.24, 2.45) is 11.1 Å². The van der Waals surface area contributed by atoms with Crippen LogP contribution in [0.5, 0.6) is 0 Å². The van der Waals surface area contributed by atoms with Gasteiger partial charge in [-0.2, -0.15) is 0 Å². The number of aryl methyl sites for hydroxylation is 1. The molecule has 0 radical (unpaired) electrons. The molecule has 1 aromatic heterocycles. The van der Waals surface area contributed by atoms with Crippen LogP contribution in [0.25, 0.3) is 0 Å². The van der Waals surface area contributed by atoms with Crippen molar-refractivity contribution < 1.29 is 0 Å². The number of hydrogen-bond donors (Lipinski definition) is 1. The lowest BCUT2D eigenvalue weighted by atomic mass is 9.76. The van der Waals surface area contributed by atoms with Crippen molar-refractivity contribution >= 4 is 0 Å². The van der Waals surface area contributed by atoms with Crippen LogP contribution in [0.3, 0.4) is 0 Å². The zero-order chi connectivity index (χ0) is 13.5. The molecule has 0 aliphatic heterocycles. The van der Waals surface area contributed by atoms with E-state index in [9.17, 15) is 0 Å². The van der Waals surface area contributed by atoms with Gasteiger partial charge in [0.05, 0.1) is 0 Å². The Bertz CT molecular complexity index is 466. The Morgan fingerprint density at radius 1 is 1.21 bits per heavy atom. The summed E-state index contributed by atoms with van der Waals surface area (Å²) in [7, 11) is 0. The zero-order valence-corrected chi connectivity index (χ0v) is 12.3. The molecule has 1 saturated carbocycles. The molecule has 0 saturated heterocycles. The van der Waals surface area contributed by atoms with Crippen LogP contribution < -0.4 is 5.73 Å². The Kier molecular flexibility index (Phi) is 3.17. The van der Waals surface area contributed by atoms with E-state index in [1.807, 2.05) is 6.20 Å². The summed E-state index contributed by atoms with van der Waals surface area (Å²) in [5.41, 5.74) is 10.0. The Morgan fingerprint density at radius 3 is 2.89 bits per heavy atom. The molecule has 0 spiro atoms. The van der Waals surface area contributed by atoms with Crippen LogP contribution in [0, 0.1) is 5.41 Å². The van der Waals surface area contributed by atoms with E-state index in [2.05, 4.69) is 31.0 Å². The lowest BCUT2D eigenvalue weighted by Crippen LogP contribution is -2.45. The topological polar surface area (TPSA) is 38.9 Å². The van der Waals surface area contributed by atoms with Crippen LogP contribution in [0.1, 0.15) is 69.5 Å². The quantitative estimate of drug-likeness (QED) is 0.778. The van der Waals surface area contributed by atoms with Crippen molar-refractivity contribution in [3.63, 3.8) is 0 Å². The minimum Gasteiger partial charge on any atom is -0.324 e. The van der Waals surface area contributed by atoms with Gasteiger partial charge in [0, 0.05) is 23.3 Å². The summed E-state index contributed by atoms with van der Waals surface area (Å²) in [4.78, 5) is 4.65. The maximum atomic E-state index is 6.86. The Balaban J connectivity index is 1.86. The third-order valence-electron chi connectivity index (χ3n) is 5.42. The molecule has 0 aromatic carbocycles. The average molecular weight is 258 g/mol. The summed E-state index contributed by atoms with van der Waals surface area (Å²) in [5, 5.41) is 0. The normalized spacial score (nSPS) is 33.7. The standard InChI is InChI=1S/C17H26N2/c1-16(2)8-4-9-17(18,11-10-16)14-7-6-13-5-3-12-19-15(13)14/h3,5,12,14H,4,6-11,18H2,1-2H3. The highest BCUT2D eigenvalue weighted by Crippen LogP contribution is 2.47. The van der Waals surface area contributed by atoms with Crippen LogP contribution in [-0.2, 0) is 6.42 Å². The number of pyridine rings is 1. The molecule has 2 unspecified atom stereocenters. The molecule has 2 nitrogen and oxygen atoms in total. The first-order chi connectivity index (χ1) is 9.00. The van der Waals surface area contributed by atoms with E-state index in [0.29, 0.717) is 11.3 Å². The van der Waals surface area contributed by atoms with Crippen molar-refractivity contribution in [2.45, 2.75) is 70.3 Å². The number of fused-ring (bicyclic) bond motifs is 1. The Morgan fingerprint density at radius 2 is 2.05 bits per heavy atom. The second kappa shape index (κ2) is 4.59. The molecule has 1 aromatic rings. The summed E-state index contributed by atoms with van der Waals surface area (Å²) < 4.78 is 0. The van der Waals surface area contributed by atoms with E-state index >= 15 is 0 Å². The van der Waals surface area contributed by atoms with Gasteiger partial charge >= 0.3 is 0 Å². The van der Waals surface area contributed by atoms with Gasteiger partial charge in [0.25, 0.3) is 0 Å². The van der Waals surface area contributed by atoms with Crippen molar-refractivity contribution in [1.29, 1.82) is 0 Å². The predicted octanol–water partition coefficient (Wildman–Crippen LogP) is 3.80. The summed E-state index contributed by atoms with van der Waals surface area (Å²) in [6, 6.07) is 4.28. The second-order valence-corrected chi connectivity index (χ2v) is 7.39. The molecule has 2 N–H and O–H groups in total. The molecule has 2 atom stereocenters. The van der Waals surface area contributed by atoms with E-state index in [-0.39, 0.29) is 5.54 Å². The number of nitrogens with two attached hydrogens (primary N) is 1. The van der Waals surface area contributed by atoms with E-state index in [4.69, 9.17) is 5.73 Å². The highest BCUT2D eigenvalue weighted by atomic mass is 14.8. The molecule has 19 heavy (non-hydrogen) atoms. The molecule has 2 aliphatic carbocycles. The van der Waals surface area contributed by atoms with Gasteiger partial charge in [0.2, 0.25) is 0 Å². The van der Waals surface area contributed by atoms with Crippen LogP contribution >= 0.6 is 0 Å². The number of aromatic nitrogens is 1. The van der Waals surface area contributed by atoms with Gasteiger partial charge in [-0.1, -0.05) is 26.3 Å². The van der Waals surface area contributed by atoms with E-state index in [1.165, 1.54) is 36.9 Å². The van der Waals surface area contributed by atoms with Gasteiger partial charge in [-0.05, 0) is 55.6 Å². The fourth-order valence-corrected chi connectivity index (χ4v) is 4.04. The third kappa shape index (κ3) is 2.43. The van der Waals surface area contributed by atoms with Gasteiger partial charge < -0.3 is 5.73 Å². The minimum absolute atomic E-state index is 0.0205.